The van der Waals surface area contributed by atoms with Gasteiger partial charge in [0.1, 0.15) is 0 Å². The van der Waals surface area contributed by atoms with Gasteiger partial charge in [-0.25, -0.2) is 0 Å². The SMILES string of the molecule is [2H]c1c([2H])c([2H])c2c(c1[2H])c1c([2H])c([2H])c([2H])c([2H])c1n2-c1ccc2c(c1)N(c1ccccc1-c1ccc3c(c1)-c1ccccc1C31c3ccccc3-c3ccccc31)c1cc(C(C)(C)C)cc3c1B2c1ccc(-n2c4c([2H])c([2H])c([2H])c([2H])c4c4c([2H])c([2H])c([2H])c([2H])c42)cc1N3c1ccccc1-c1ccc2c(c1)-c1ccccc1C21c2ccccc2-c2ccccc21. The summed E-state index contributed by atoms with van der Waals surface area (Å²) in [4.78, 5) is 4.61. The fourth-order valence-electron chi connectivity index (χ4n) is 20.9. The van der Waals surface area contributed by atoms with E-state index in [0.29, 0.717) is 22.7 Å². The first-order valence-corrected chi connectivity index (χ1v) is 38.5. The highest BCUT2D eigenvalue weighted by Crippen LogP contribution is 2.66. The molecule has 4 aliphatic carbocycles. The maximum Gasteiger partial charge on any atom is 0.252 e. The predicted molar refractivity (Wildman–Crippen MR) is 471 cm³/mol. The molecule has 4 nitrogen and oxygen atoms in total. The Labute approximate surface area is 679 Å². The molecule has 25 rings (SSSR count). The Hall–Kier alpha value is -14.0. The second-order valence-electron chi connectivity index (χ2n) is 31.7. The number of aromatic nitrogens is 2. The van der Waals surface area contributed by atoms with Gasteiger partial charge in [-0.05, 0) is 212 Å². The zero-order chi connectivity index (χ0) is 88.2. The van der Waals surface area contributed by atoms with Gasteiger partial charge in [0.15, 0.2) is 0 Å². The molecule has 19 aromatic rings. The second kappa shape index (κ2) is 22.8. The lowest BCUT2D eigenvalue weighted by Gasteiger charge is -2.46. The molecule has 0 saturated heterocycles. The largest absolute Gasteiger partial charge is 0.311 e. The molecule has 0 N–H and O–H groups in total. The summed E-state index contributed by atoms with van der Waals surface area (Å²) < 4.78 is 155. The molecule has 5 heteroatoms. The Morgan fingerprint density at radius 2 is 0.558 bits per heavy atom. The molecule has 0 atom stereocenters. The lowest BCUT2D eigenvalue weighted by atomic mass is 9.33. The minimum atomic E-state index is -0.737. The van der Waals surface area contributed by atoms with Crippen LogP contribution in [0.2, 0.25) is 0 Å². The summed E-state index contributed by atoms with van der Waals surface area (Å²) in [5.74, 6) is 0. The molecule has 6 aliphatic rings. The van der Waals surface area contributed by atoms with Gasteiger partial charge in [0, 0.05) is 66.8 Å². The topological polar surface area (TPSA) is 16.3 Å². The zero-order valence-corrected chi connectivity index (χ0v) is 61.4. The third-order valence-corrected chi connectivity index (χ3v) is 25.4. The van der Waals surface area contributed by atoms with E-state index in [9.17, 15) is 16.4 Å². The summed E-state index contributed by atoms with van der Waals surface area (Å²) in [5, 5.41) is -0.267. The van der Waals surface area contributed by atoms with Gasteiger partial charge in [-0.1, -0.05) is 312 Å². The van der Waals surface area contributed by atoms with Crippen LogP contribution in [-0.4, -0.2) is 15.8 Å². The number of anilines is 6. The van der Waals surface area contributed by atoms with Crippen LogP contribution in [0, 0.1) is 0 Å². The Morgan fingerprint density at radius 3 is 0.894 bits per heavy atom. The van der Waals surface area contributed by atoms with Crippen LogP contribution in [-0.2, 0) is 16.2 Å². The van der Waals surface area contributed by atoms with E-state index >= 15 is 0 Å². The van der Waals surface area contributed by atoms with E-state index in [4.69, 9.17) is 5.48 Å². The minimum absolute atomic E-state index is 0.0435. The van der Waals surface area contributed by atoms with E-state index in [0.717, 1.165) is 100 Å². The molecule has 17 aromatic carbocycles. The number of fused-ring (bicyclic) bond motifs is 30. The van der Waals surface area contributed by atoms with Gasteiger partial charge in [0.25, 0.3) is 6.71 Å². The van der Waals surface area contributed by atoms with Gasteiger partial charge >= 0.3 is 0 Å². The normalized spacial score (nSPS) is 16.2. The third-order valence-electron chi connectivity index (χ3n) is 25.4. The standard InChI is InChI=1S/C108H71BN4/c1-106(2,3)68-62-103-105-104(63-68)113(96-47-23-11-29-72(96)67-53-57-92-84(61-67)78-35-9-21-45-90(78)108(92)87-42-18-6-32-75(87)76-33-7-19-43-88(76)108)102-65-70(111-99-50-26-14-38-81(99)82-39-15-27-51-100(82)111)55-59-94(102)109(105)93-58-54-69(110-97-48-24-12-36-79(97)80-37-13-25-49-98(80)110)64-101(93)112(103)95-46-22-10-28-71(95)66-52-56-91-83(60-66)77-34-8-20-44-89(77)107(91)85-40-16-4-30-73(85)74-31-5-17-41-86(74)107/h4-65H,1-3H3/i12D,13D,14D,15D,24D,25D,26D,27D,36D,37D,38D,39D,48D,49D,50D,51D. The monoisotopic (exact) mass is 1450 g/mol. The fraction of sp³-hybridized carbons (Fsp3) is 0.0556. The van der Waals surface area contributed by atoms with Crippen molar-refractivity contribution in [2.24, 2.45) is 0 Å². The van der Waals surface area contributed by atoms with Crippen molar-refractivity contribution in [3.05, 3.63) is 426 Å². The zero-order valence-electron chi connectivity index (χ0n) is 77.4. The van der Waals surface area contributed by atoms with Crippen LogP contribution in [0.1, 0.15) is 92.8 Å². The molecule has 2 spiro atoms. The van der Waals surface area contributed by atoms with Crippen LogP contribution in [0.25, 0.3) is 122 Å². The number of para-hydroxylation sites is 6. The molecule has 113 heavy (non-hydrogen) atoms. The summed E-state index contributed by atoms with van der Waals surface area (Å²) in [7, 11) is 0. The highest BCUT2D eigenvalue weighted by molar-refractivity contribution is 7.00. The number of nitrogens with zero attached hydrogens (tertiary/aromatic N) is 4. The summed E-state index contributed by atoms with van der Waals surface area (Å²) >= 11 is 0. The second-order valence-corrected chi connectivity index (χ2v) is 31.7. The van der Waals surface area contributed by atoms with Crippen molar-refractivity contribution in [3.63, 3.8) is 0 Å². The highest BCUT2D eigenvalue weighted by atomic mass is 15.2. The van der Waals surface area contributed by atoms with Gasteiger partial charge in [-0.3, -0.25) is 0 Å². The number of hydrogen-bond acceptors (Lipinski definition) is 2. The highest BCUT2D eigenvalue weighted by Gasteiger charge is 2.54. The average Bonchev–Trinajstić information content (AvgIpc) is 1.15. The van der Waals surface area contributed by atoms with Crippen molar-refractivity contribution < 1.29 is 21.9 Å². The quantitative estimate of drug-likeness (QED) is 0.154. The maximum atomic E-state index is 9.88. The van der Waals surface area contributed by atoms with Crippen LogP contribution in [0.15, 0.2) is 376 Å². The average molecular weight is 1450 g/mol. The van der Waals surface area contributed by atoms with E-state index in [1.807, 2.05) is 48.5 Å². The Bertz CT molecular complexity index is 7730. The lowest BCUT2D eigenvalue weighted by Crippen LogP contribution is -2.61. The minimum Gasteiger partial charge on any atom is -0.311 e. The van der Waals surface area contributed by atoms with Crippen molar-refractivity contribution in [3.8, 4) is 78.1 Å². The van der Waals surface area contributed by atoms with Gasteiger partial charge in [-0.15, -0.1) is 0 Å². The maximum absolute atomic E-state index is 9.88. The van der Waals surface area contributed by atoms with Crippen LogP contribution < -0.4 is 26.2 Å². The van der Waals surface area contributed by atoms with Gasteiger partial charge < -0.3 is 18.9 Å². The molecule has 0 radical (unpaired) electrons. The molecule has 0 amide bonds. The van der Waals surface area contributed by atoms with Gasteiger partial charge in [0.05, 0.1) is 66.2 Å². The molecule has 0 fully saturated rings. The number of hydrogen-bond donors (Lipinski definition) is 0. The Balaban J connectivity index is 0.794. The molecule has 0 saturated carbocycles. The summed E-state index contributed by atoms with van der Waals surface area (Å²) in [6.07, 6.45) is 0. The fourth-order valence-corrected chi connectivity index (χ4v) is 20.9. The smallest absolute Gasteiger partial charge is 0.252 e. The number of rotatable bonds is 6. The van der Waals surface area contributed by atoms with E-state index in [-0.39, 0.29) is 43.6 Å². The summed E-state index contributed by atoms with van der Waals surface area (Å²) in [6, 6.07) is 91.1. The first-order chi connectivity index (χ1) is 62.4. The Morgan fingerprint density at radius 1 is 0.265 bits per heavy atom. The molecule has 526 valence electrons. The predicted octanol–water partition coefficient (Wildman–Crippen LogP) is 25.3. The molecular formula is C108H71BN4. The van der Waals surface area contributed by atoms with Crippen LogP contribution >= 0.6 is 0 Å². The first-order valence-electron chi connectivity index (χ1n) is 46.5. The molecule has 4 heterocycles. The van der Waals surface area contributed by atoms with Crippen LogP contribution in [0.3, 0.4) is 0 Å². The van der Waals surface area contributed by atoms with E-state index < -0.39 is 120 Å². The van der Waals surface area contributed by atoms with Gasteiger partial charge in [-0.2, -0.15) is 0 Å². The lowest BCUT2D eigenvalue weighted by molar-refractivity contribution is 0.590. The van der Waals surface area contributed by atoms with Crippen molar-refractivity contribution >= 4 is 101 Å². The van der Waals surface area contributed by atoms with Crippen LogP contribution in [0.5, 0.6) is 0 Å². The Kier molecular flexibility index (Phi) is 9.94. The van der Waals surface area contributed by atoms with E-state index in [1.165, 1.54) is 55.6 Å². The first kappa shape index (κ1) is 49.2. The van der Waals surface area contributed by atoms with Gasteiger partial charge in [0.2, 0.25) is 0 Å². The third kappa shape index (κ3) is 8.19. The molecule has 0 bridgehead atoms. The molecule has 0 unspecified atom stereocenters. The van der Waals surface area contributed by atoms with Crippen LogP contribution in [0.4, 0.5) is 34.1 Å². The molecular weight excluding hydrogens is 1360 g/mol. The van der Waals surface area contributed by atoms with E-state index in [1.54, 1.807) is 9.13 Å². The van der Waals surface area contributed by atoms with Crippen molar-refractivity contribution in [2.45, 2.75) is 37.0 Å². The van der Waals surface area contributed by atoms with E-state index in [2.05, 4.69) is 261 Å². The van der Waals surface area contributed by atoms with Crippen molar-refractivity contribution in [2.75, 3.05) is 9.80 Å². The molecule has 2 aromatic heterocycles. The number of benzene rings is 17. The summed E-state index contributed by atoms with van der Waals surface area (Å²) in [6.45, 7) is 5.82. The summed E-state index contributed by atoms with van der Waals surface area (Å²) in [5.41, 5.74) is 28.2. The van der Waals surface area contributed by atoms with Crippen molar-refractivity contribution in [1.82, 2.24) is 9.13 Å². The van der Waals surface area contributed by atoms with Crippen molar-refractivity contribution in [1.29, 1.82) is 0 Å². The molecule has 2 aliphatic heterocycles.